The van der Waals surface area contributed by atoms with Crippen LogP contribution in [-0.2, 0) is 0 Å². The van der Waals surface area contributed by atoms with Gasteiger partial charge in [0.25, 0.3) is 0 Å². The fraction of sp³-hybridized carbons (Fsp3) is 0.583. The SMILES string of the molecule is N#Cc1ccnc(NCC2CCCC(O)C2)n1. The van der Waals surface area contributed by atoms with Crippen molar-refractivity contribution in [2.24, 2.45) is 5.92 Å². The Morgan fingerprint density at radius 1 is 1.53 bits per heavy atom. The minimum Gasteiger partial charge on any atom is -0.393 e. The van der Waals surface area contributed by atoms with E-state index in [0.717, 1.165) is 32.2 Å². The molecule has 1 aromatic heterocycles. The quantitative estimate of drug-likeness (QED) is 0.821. The maximum Gasteiger partial charge on any atom is 0.223 e. The minimum absolute atomic E-state index is 0.165. The van der Waals surface area contributed by atoms with Crippen LogP contribution in [0.3, 0.4) is 0 Å². The number of nitrogens with zero attached hydrogens (tertiary/aromatic N) is 3. The van der Waals surface area contributed by atoms with Gasteiger partial charge in [0, 0.05) is 12.7 Å². The summed E-state index contributed by atoms with van der Waals surface area (Å²) >= 11 is 0. The van der Waals surface area contributed by atoms with Crippen molar-refractivity contribution in [2.45, 2.75) is 31.8 Å². The molecule has 1 fully saturated rings. The highest BCUT2D eigenvalue weighted by Gasteiger charge is 2.19. The average Bonchev–Trinajstić information content (AvgIpc) is 2.37. The Balaban J connectivity index is 1.87. The Hall–Kier alpha value is -1.67. The monoisotopic (exact) mass is 232 g/mol. The largest absolute Gasteiger partial charge is 0.393 e. The van der Waals surface area contributed by atoms with Crippen LogP contribution in [0.2, 0.25) is 0 Å². The molecular weight excluding hydrogens is 216 g/mol. The Morgan fingerprint density at radius 2 is 2.41 bits per heavy atom. The molecule has 0 aromatic carbocycles. The Bertz CT molecular complexity index is 415. The molecule has 2 unspecified atom stereocenters. The zero-order valence-corrected chi connectivity index (χ0v) is 9.63. The summed E-state index contributed by atoms with van der Waals surface area (Å²) < 4.78 is 0. The van der Waals surface area contributed by atoms with Gasteiger partial charge in [-0.05, 0) is 31.2 Å². The third kappa shape index (κ3) is 3.40. The number of hydrogen-bond acceptors (Lipinski definition) is 5. The molecule has 0 amide bonds. The Kier molecular flexibility index (Phi) is 3.89. The second-order valence-electron chi connectivity index (χ2n) is 4.44. The number of nitrogens with one attached hydrogen (secondary N) is 1. The Morgan fingerprint density at radius 3 is 3.18 bits per heavy atom. The van der Waals surface area contributed by atoms with Crippen LogP contribution in [-0.4, -0.2) is 27.7 Å². The standard InChI is InChI=1S/C12H16N4O/c13-7-10-4-5-14-12(16-10)15-8-9-2-1-3-11(17)6-9/h4-5,9,11,17H,1-3,6,8H2,(H,14,15,16). The van der Waals surface area contributed by atoms with Gasteiger partial charge in [0.2, 0.25) is 5.95 Å². The van der Waals surface area contributed by atoms with E-state index in [0.29, 0.717) is 17.6 Å². The summed E-state index contributed by atoms with van der Waals surface area (Å²) in [5.74, 6) is 0.956. The summed E-state index contributed by atoms with van der Waals surface area (Å²) in [5, 5.41) is 21.4. The van der Waals surface area contributed by atoms with Gasteiger partial charge in [-0.25, -0.2) is 9.97 Å². The van der Waals surface area contributed by atoms with E-state index in [1.165, 1.54) is 0 Å². The highest BCUT2D eigenvalue weighted by atomic mass is 16.3. The lowest BCUT2D eigenvalue weighted by Gasteiger charge is -2.25. The summed E-state index contributed by atoms with van der Waals surface area (Å²) in [6, 6.07) is 3.56. The molecule has 1 heterocycles. The van der Waals surface area contributed by atoms with Gasteiger partial charge in [-0.2, -0.15) is 5.26 Å². The molecule has 5 nitrogen and oxygen atoms in total. The molecule has 2 N–H and O–H groups in total. The van der Waals surface area contributed by atoms with Crippen molar-refractivity contribution in [3.05, 3.63) is 18.0 Å². The molecule has 90 valence electrons. The van der Waals surface area contributed by atoms with Crippen LogP contribution in [0.1, 0.15) is 31.4 Å². The highest BCUT2D eigenvalue weighted by molar-refractivity contribution is 5.29. The normalized spacial score (nSPS) is 24.0. The van der Waals surface area contributed by atoms with E-state index in [2.05, 4.69) is 15.3 Å². The molecule has 0 bridgehead atoms. The number of hydrogen-bond donors (Lipinski definition) is 2. The van der Waals surface area contributed by atoms with Gasteiger partial charge in [-0.15, -0.1) is 0 Å². The van der Waals surface area contributed by atoms with Crippen molar-refractivity contribution in [2.75, 3.05) is 11.9 Å². The molecular formula is C12H16N4O. The van der Waals surface area contributed by atoms with Gasteiger partial charge in [0.1, 0.15) is 11.8 Å². The Labute approximate surface area is 101 Å². The number of aliphatic hydroxyl groups is 1. The maximum atomic E-state index is 9.56. The molecule has 5 heteroatoms. The summed E-state index contributed by atoms with van der Waals surface area (Å²) in [5.41, 5.74) is 0.367. The van der Waals surface area contributed by atoms with E-state index >= 15 is 0 Å². The van der Waals surface area contributed by atoms with Crippen LogP contribution in [0.5, 0.6) is 0 Å². The van der Waals surface area contributed by atoms with E-state index in [1.54, 1.807) is 12.3 Å². The fourth-order valence-electron chi connectivity index (χ4n) is 2.19. The van der Waals surface area contributed by atoms with Crippen LogP contribution in [0.25, 0.3) is 0 Å². The van der Waals surface area contributed by atoms with Gasteiger partial charge in [-0.3, -0.25) is 0 Å². The van der Waals surface area contributed by atoms with E-state index in [-0.39, 0.29) is 6.10 Å². The molecule has 0 aliphatic heterocycles. The van der Waals surface area contributed by atoms with Crippen LogP contribution in [0.15, 0.2) is 12.3 Å². The van der Waals surface area contributed by atoms with Crippen molar-refractivity contribution in [3.63, 3.8) is 0 Å². The first-order valence-electron chi connectivity index (χ1n) is 5.93. The smallest absolute Gasteiger partial charge is 0.223 e. The topological polar surface area (TPSA) is 81.8 Å². The van der Waals surface area contributed by atoms with Crippen LogP contribution in [0.4, 0.5) is 5.95 Å². The first-order valence-corrected chi connectivity index (χ1v) is 5.93. The second-order valence-corrected chi connectivity index (χ2v) is 4.44. The number of aliphatic hydroxyl groups excluding tert-OH is 1. The number of anilines is 1. The van der Waals surface area contributed by atoms with Crippen molar-refractivity contribution in [1.29, 1.82) is 5.26 Å². The molecule has 0 saturated heterocycles. The molecule has 1 aliphatic carbocycles. The first-order chi connectivity index (χ1) is 8.28. The summed E-state index contributed by atoms with van der Waals surface area (Å²) in [6.45, 7) is 0.756. The van der Waals surface area contributed by atoms with E-state index in [4.69, 9.17) is 5.26 Å². The minimum atomic E-state index is -0.165. The lowest BCUT2D eigenvalue weighted by molar-refractivity contribution is 0.104. The zero-order chi connectivity index (χ0) is 12.1. The number of nitriles is 1. The molecule has 2 rings (SSSR count). The van der Waals surface area contributed by atoms with Crippen molar-refractivity contribution in [1.82, 2.24) is 9.97 Å². The third-order valence-corrected chi connectivity index (χ3v) is 3.07. The molecule has 17 heavy (non-hydrogen) atoms. The molecule has 2 atom stereocenters. The lowest BCUT2D eigenvalue weighted by Crippen LogP contribution is -2.25. The zero-order valence-electron chi connectivity index (χ0n) is 9.63. The number of rotatable bonds is 3. The predicted octanol–water partition coefficient (Wildman–Crippen LogP) is 1.31. The van der Waals surface area contributed by atoms with Crippen molar-refractivity contribution < 1.29 is 5.11 Å². The molecule has 1 aromatic rings. The van der Waals surface area contributed by atoms with E-state index < -0.39 is 0 Å². The first kappa shape index (κ1) is 11.8. The molecule has 0 spiro atoms. The van der Waals surface area contributed by atoms with Gasteiger partial charge >= 0.3 is 0 Å². The van der Waals surface area contributed by atoms with Gasteiger partial charge in [0.15, 0.2) is 0 Å². The average molecular weight is 232 g/mol. The summed E-state index contributed by atoms with van der Waals surface area (Å²) in [4.78, 5) is 8.10. The summed E-state index contributed by atoms with van der Waals surface area (Å²) in [6.07, 6.45) is 5.36. The van der Waals surface area contributed by atoms with Gasteiger partial charge in [0.05, 0.1) is 6.10 Å². The molecule has 1 saturated carbocycles. The number of aromatic nitrogens is 2. The van der Waals surface area contributed by atoms with Crippen LogP contribution >= 0.6 is 0 Å². The molecule has 0 radical (unpaired) electrons. The summed E-state index contributed by atoms with van der Waals surface area (Å²) in [7, 11) is 0. The second kappa shape index (κ2) is 5.60. The third-order valence-electron chi connectivity index (χ3n) is 3.07. The fourth-order valence-corrected chi connectivity index (χ4v) is 2.19. The van der Waals surface area contributed by atoms with Gasteiger partial charge < -0.3 is 10.4 Å². The van der Waals surface area contributed by atoms with Gasteiger partial charge in [-0.1, -0.05) is 6.42 Å². The van der Waals surface area contributed by atoms with E-state index in [1.807, 2.05) is 6.07 Å². The van der Waals surface area contributed by atoms with Crippen LogP contribution < -0.4 is 5.32 Å². The van der Waals surface area contributed by atoms with Crippen molar-refractivity contribution >= 4 is 5.95 Å². The lowest BCUT2D eigenvalue weighted by atomic mass is 9.87. The highest BCUT2D eigenvalue weighted by Crippen LogP contribution is 2.24. The predicted molar refractivity (Wildman–Crippen MR) is 63.2 cm³/mol. The van der Waals surface area contributed by atoms with Crippen molar-refractivity contribution in [3.8, 4) is 6.07 Å². The molecule has 1 aliphatic rings. The van der Waals surface area contributed by atoms with E-state index in [9.17, 15) is 5.11 Å². The maximum absolute atomic E-state index is 9.56. The van der Waals surface area contributed by atoms with Crippen LogP contribution in [0, 0.1) is 17.2 Å².